The van der Waals surface area contributed by atoms with Gasteiger partial charge in [-0.25, -0.2) is 4.79 Å². The summed E-state index contributed by atoms with van der Waals surface area (Å²) >= 11 is 0. The predicted octanol–water partition coefficient (Wildman–Crippen LogP) is 3.49. The summed E-state index contributed by atoms with van der Waals surface area (Å²) in [7, 11) is 0. The van der Waals surface area contributed by atoms with E-state index in [1.165, 1.54) is 0 Å². The summed E-state index contributed by atoms with van der Waals surface area (Å²) in [4.78, 5) is 11.6. The topological polar surface area (TPSA) is 76.1 Å². The van der Waals surface area contributed by atoms with E-state index in [1.54, 1.807) is 0 Å². The van der Waals surface area contributed by atoms with Crippen molar-refractivity contribution < 1.29 is 4.79 Å². The summed E-state index contributed by atoms with van der Waals surface area (Å²) < 4.78 is 0. The Balaban J connectivity index is 0.00000144. The average Bonchev–Trinajstić information content (AvgIpc) is 2.31. The number of hydrogen-bond acceptors (Lipinski definition) is 2. The lowest BCUT2D eigenvalue weighted by molar-refractivity contribution is 0.262. The van der Waals surface area contributed by atoms with Crippen LogP contribution in [-0.2, 0) is 0 Å². The predicted molar refractivity (Wildman–Crippen MR) is 70.5 cm³/mol. The van der Waals surface area contributed by atoms with Crippen LogP contribution in [0.1, 0.15) is 0 Å². The van der Waals surface area contributed by atoms with Gasteiger partial charge in [0.1, 0.15) is 0 Å². The van der Waals surface area contributed by atoms with Gasteiger partial charge < -0.3 is 16.8 Å². The summed E-state index contributed by atoms with van der Waals surface area (Å²) in [6.45, 7) is 0. The van der Waals surface area contributed by atoms with Crippen LogP contribution < -0.4 is 16.8 Å². The molecule has 0 bridgehead atoms. The smallest absolute Gasteiger partial charge is 0.323 e. The van der Waals surface area contributed by atoms with Gasteiger partial charge in [-0.1, -0.05) is 36.4 Å². The molecule has 0 atom stereocenters. The molecule has 0 saturated heterocycles. The first-order valence-corrected chi connectivity index (χ1v) is 5.03. The van der Waals surface area contributed by atoms with Crippen molar-refractivity contribution in [3.05, 3.63) is 60.7 Å². The summed E-state index contributed by atoms with van der Waals surface area (Å²) in [6.07, 6.45) is 0. The van der Waals surface area contributed by atoms with Crippen LogP contribution in [0.4, 0.5) is 16.2 Å². The number of nitrogens with one attached hydrogen (secondary N) is 2. The number of para-hydroxylation sites is 2. The van der Waals surface area contributed by atoms with Crippen molar-refractivity contribution in [2.75, 3.05) is 10.6 Å². The zero-order valence-electron chi connectivity index (χ0n) is 9.39. The summed E-state index contributed by atoms with van der Waals surface area (Å²) in [5, 5.41) is 5.48. The highest BCUT2D eigenvalue weighted by Crippen LogP contribution is 2.08. The van der Waals surface area contributed by atoms with Crippen molar-refractivity contribution in [2.45, 2.75) is 0 Å². The number of benzene rings is 2. The number of carbonyl (C=O) groups excluding carboxylic acids is 1. The van der Waals surface area contributed by atoms with Gasteiger partial charge in [-0.05, 0) is 24.3 Å². The van der Waals surface area contributed by atoms with E-state index in [4.69, 9.17) is 0 Å². The van der Waals surface area contributed by atoms with Crippen LogP contribution in [-0.4, -0.2) is 6.03 Å². The number of carbonyl (C=O) groups is 1. The Kier molecular flexibility index (Phi) is 4.72. The molecule has 17 heavy (non-hydrogen) atoms. The third-order valence-corrected chi connectivity index (χ3v) is 2.06. The normalized spacial score (nSPS) is 8.94. The van der Waals surface area contributed by atoms with E-state index in [9.17, 15) is 4.79 Å². The van der Waals surface area contributed by atoms with Gasteiger partial charge >= 0.3 is 6.03 Å². The fraction of sp³-hybridized carbons (Fsp3) is 0. The van der Waals surface area contributed by atoms with Gasteiger partial charge in [0.2, 0.25) is 0 Å². The highest BCUT2D eigenvalue weighted by molar-refractivity contribution is 5.99. The van der Waals surface area contributed by atoms with Gasteiger partial charge in [0.05, 0.1) is 0 Å². The molecule has 0 radical (unpaired) electrons. The second-order valence-corrected chi connectivity index (χ2v) is 3.31. The molecule has 5 N–H and O–H groups in total. The Hall–Kier alpha value is -2.33. The third kappa shape index (κ3) is 3.96. The van der Waals surface area contributed by atoms with E-state index in [2.05, 4.69) is 10.6 Å². The average molecular weight is 229 g/mol. The monoisotopic (exact) mass is 229 g/mol. The van der Waals surface area contributed by atoms with E-state index >= 15 is 0 Å². The molecule has 2 aromatic rings. The van der Waals surface area contributed by atoms with E-state index < -0.39 is 0 Å². The molecule has 2 rings (SSSR count). The second-order valence-electron chi connectivity index (χ2n) is 3.31. The summed E-state index contributed by atoms with van der Waals surface area (Å²) in [5.74, 6) is 0. The van der Waals surface area contributed by atoms with E-state index in [0.717, 1.165) is 11.4 Å². The van der Waals surface area contributed by atoms with Gasteiger partial charge in [-0.15, -0.1) is 0 Å². The van der Waals surface area contributed by atoms with Gasteiger partial charge in [0.25, 0.3) is 0 Å². The number of anilines is 2. The molecule has 2 aromatic carbocycles. The second kappa shape index (κ2) is 6.30. The lowest BCUT2D eigenvalue weighted by atomic mass is 10.3. The molecule has 0 unspecified atom stereocenters. The number of urea groups is 1. The maximum Gasteiger partial charge on any atom is 0.323 e. The Bertz CT molecular complexity index is 413. The molecule has 0 aromatic heterocycles. The first-order valence-electron chi connectivity index (χ1n) is 5.03. The molecule has 4 heteroatoms. The first kappa shape index (κ1) is 12.7. The fourth-order valence-electron chi connectivity index (χ4n) is 1.34. The molecule has 4 nitrogen and oxygen atoms in total. The van der Waals surface area contributed by atoms with Crippen LogP contribution in [0.25, 0.3) is 0 Å². The molecule has 0 saturated carbocycles. The van der Waals surface area contributed by atoms with Crippen LogP contribution in [0.15, 0.2) is 60.7 Å². The van der Waals surface area contributed by atoms with E-state index in [-0.39, 0.29) is 12.2 Å². The Morgan fingerprint density at radius 3 is 1.41 bits per heavy atom. The minimum atomic E-state index is -0.239. The molecule has 88 valence electrons. The number of rotatable bonds is 2. The van der Waals surface area contributed by atoms with Crippen molar-refractivity contribution in [3.8, 4) is 0 Å². The zero-order valence-corrected chi connectivity index (χ0v) is 9.39. The molecular weight excluding hydrogens is 214 g/mol. The molecule has 0 aliphatic rings. The van der Waals surface area contributed by atoms with Crippen LogP contribution in [0.2, 0.25) is 0 Å². The van der Waals surface area contributed by atoms with Crippen molar-refractivity contribution in [3.63, 3.8) is 0 Å². The largest absolute Gasteiger partial charge is 0.344 e. The van der Waals surface area contributed by atoms with Gasteiger partial charge in [-0.2, -0.15) is 0 Å². The van der Waals surface area contributed by atoms with Crippen molar-refractivity contribution in [2.24, 2.45) is 0 Å². The van der Waals surface area contributed by atoms with E-state index in [1.807, 2.05) is 60.7 Å². The van der Waals surface area contributed by atoms with Crippen LogP contribution in [0.3, 0.4) is 0 Å². The molecule has 0 spiro atoms. The maximum absolute atomic E-state index is 11.6. The first-order chi connectivity index (χ1) is 7.84. The van der Waals surface area contributed by atoms with Crippen LogP contribution in [0, 0.1) is 0 Å². The third-order valence-electron chi connectivity index (χ3n) is 2.06. The quantitative estimate of drug-likeness (QED) is 0.737. The summed E-state index contributed by atoms with van der Waals surface area (Å²) in [5.41, 5.74) is 1.55. The van der Waals surface area contributed by atoms with Crippen molar-refractivity contribution in [1.29, 1.82) is 0 Å². The Labute approximate surface area is 100 Å². The van der Waals surface area contributed by atoms with Crippen LogP contribution >= 0.6 is 0 Å². The number of amides is 2. The molecule has 0 fully saturated rings. The van der Waals surface area contributed by atoms with E-state index in [0.29, 0.717) is 0 Å². The molecule has 0 aliphatic carbocycles. The van der Waals surface area contributed by atoms with Crippen molar-refractivity contribution >= 4 is 17.4 Å². The minimum absolute atomic E-state index is 0. The maximum atomic E-state index is 11.6. The molecule has 2 amide bonds. The van der Waals surface area contributed by atoms with Gasteiger partial charge in [0.15, 0.2) is 0 Å². The Morgan fingerprint density at radius 1 is 0.706 bits per heavy atom. The SMILES string of the molecule is N.O=C(Nc1ccccc1)Nc1ccccc1. The molecule has 0 aliphatic heterocycles. The highest BCUT2D eigenvalue weighted by Gasteiger charge is 2.00. The fourth-order valence-corrected chi connectivity index (χ4v) is 1.34. The highest BCUT2D eigenvalue weighted by atomic mass is 16.2. The lowest BCUT2D eigenvalue weighted by Crippen LogP contribution is -2.19. The van der Waals surface area contributed by atoms with Gasteiger partial charge in [-0.3, -0.25) is 0 Å². The standard InChI is InChI=1S/C13H12N2O.H3N/c16-13(14-11-7-3-1-4-8-11)15-12-9-5-2-6-10-12;/h1-10H,(H2,14,15,16);1H3. The van der Waals surface area contributed by atoms with Crippen molar-refractivity contribution in [1.82, 2.24) is 6.15 Å². The number of hydrogen-bond donors (Lipinski definition) is 3. The Morgan fingerprint density at radius 2 is 1.06 bits per heavy atom. The molecule has 0 heterocycles. The molecular formula is C13H15N3O. The van der Waals surface area contributed by atoms with Gasteiger partial charge in [0, 0.05) is 11.4 Å². The van der Waals surface area contributed by atoms with Crippen LogP contribution in [0.5, 0.6) is 0 Å². The lowest BCUT2D eigenvalue weighted by Gasteiger charge is -2.06. The summed E-state index contributed by atoms with van der Waals surface area (Å²) in [6, 6.07) is 18.4. The minimum Gasteiger partial charge on any atom is -0.344 e. The zero-order chi connectivity index (χ0) is 11.2.